The molecule has 3 aliphatic rings. The highest BCUT2D eigenvalue weighted by molar-refractivity contribution is 5.95. The van der Waals surface area contributed by atoms with Crippen molar-refractivity contribution >= 4 is 27.5 Å². The van der Waals surface area contributed by atoms with Gasteiger partial charge in [-0.05, 0) is 47.8 Å². The van der Waals surface area contributed by atoms with Gasteiger partial charge in [0.15, 0.2) is 0 Å². The van der Waals surface area contributed by atoms with Crippen LogP contribution in [0.4, 0.5) is 10.1 Å². The van der Waals surface area contributed by atoms with E-state index in [1.165, 1.54) is 12.1 Å². The molecule has 3 aliphatic carbocycles. The molecule has 3 fully saturated rings. The first-order chi connectivity index (χ1) is 17.4. The van der Waals surface area contributed by atoms with Crippen molar-refractivity contribution in [1.82, 2.24) is 35.5 Å². The third-order valence-electron chi connectivity index (χ3n) is 7.55. The molecule has 0 radical (unpaired) electrons. The van der Waals surface area contributed by atoms with Gasteiger partial charge in [0.1, 0.15) is 11.4 Å². The van der Waals surface area contributed by atoms with Gasteiger partial charge in [0, 0.05) is 47.4 Å². The van der Waals surface area contributed by atoms with Gasteiger partial charge >= 0.3 is 0 Å². The maximum Gasteiger partial charge on any atom is 0.272 e. The molecule has 3 heterocycles. The third kappa shape index (κ3) is 3.46. The summed E-state index contributed by atoms with van der Waals surface area (Å²) in [5.74, 6) is 0. The molecule has 2 aromatic carbocycles. The summed E-state index contributed by atoms with van der Waals surface area (Å²) in [6, 6.07) is 11.3. The van der Waals surface area contributed by atoms with Gasteiger partial charge in [-0.25, -0.2) is 9.07 Å². The van der Waals surface area contributed by atoms with E-state index in [2.05, 4.69) is 55.1 Å². The number of alkyl halides is 1. The van der Waals surface area contributed by atoms with Gasteiger partial charge in [0.25, 0.3) is 5.69 Å². The Morgan fingerprint density at radius 1 is 1.17 bits per heavy atom. The highest BCUT2D eigenvalue weighted by Gasteiger charge is 2.68. The van der Waals surface area contributed by atoms with Crippen LogP contribution in [-0.4, -0.2) is 47.3 Å². The van der Waals surface area contributed by atoms with E-state index in [-0.39, 0.29) is 11.1 Å². The van der Waals surface area contributed by atoms with E-state index in [9.17, 15) is 14.5 Å². The van der Waals surface area contributed by atoms with Crippen molar-refractivity contribution in [2.24, 2.45) is 5.41 Å². The first-order valence-electron chi connectivity index (χ1n) is 11.9. The summed E-state index contributed by atoms with van der Waals surface area (Å²) in [6.45, 7) is 2.10. The first-order valence-corrected chi connectivity index (χ1v) is 11.9. The fourth-order valence-corrected chi connectivity index (χ4v) is 5.98. The highest BCUT2D eigenvalue weighted by Crippen LogP contribution is 2.69. The Morgan fingerprint density at radius 3 is 2.83 bits per heavy atom. The van der Waals surface area contributed by atoms with Gasteiger partial charge in [0.2, 0.25) is 0 Å². The average Bonchev–Trinajstić information content (AvgIpc) is 3.55. The molecule has 0 atom stereocenters. The number of H-pyrrole nitrogens is 2. The lowest BCUT2D eigenvalue weighted by Gasteiger charge is -2.66. The molecule has 3 aromatic heterocycles. The van der Waals surface area contributed by atoms with Crippen LogP contribution >= 0.6 is 0 Å². The maximum absolute atomic E-state index is 13.7. The molecule has 2 bridgehead atoms. The van der Waals surface area contributed by atoms with Gasteiger partial charge in [-0.15, -0.1) is 5.10 Å². The third-order valence-corrected chi connectivity index (χ3v) is 7.55. The number of hydrogen-bond acceptors (Lipinski definition) is 6. The van der Waals surface area contributed by atoms with Crippen LogP contribution in [0.15, 0.2) is 48.8 Å². The molecule has 0 amide bonds. The highest BCUT2D eigenvalue weighted by atomic mass is 19.1. The zero-order chi connectivity index (χ0) is 24.5. The second-order valence-corrected chi connectivity index (χ2v) is 10.4. The van der Waals surface area contributed by atoms with Gasteiger partial charge in [-0.3, -0.25) is 15.2 Å². The van der Waals surface area contributed by atoms with Crippen molar-refractivity contribution in [2.75, 3.05) is 6.54 Å². The summed E-state index contributed by atoms with van der Waals surface area (Å²) in [7, 11) is 0. The molecule has 3 N–H and O–H groups in total. The van der Waals surface area contributed by atoms with Crippen molar-refractivity contribution in [3.8, 4) is 11.3 Å². The lowest BCUT2D eigenvalue weighted by Crippen LogP contribution is -2.67. The topological polar surface area (TPSA) is 130 Å². The molecule has 0 unspecified atom stereocenters. The number of nitrogens with one attached hydrogen (secondary N) is 3. The van der Waals surface area contributed by atoms with Crippen LogP contribution in [0, 0.1) is 15.5 Å². The molecule has 11 heteroatoms. The number of aromatic amines is 2. The molecule has 0 spiro atoms. The van der Waals surface area contributed by atoms with Crippen molar-refractivity contribution in [1.29, 1.82) is 0 Å². The van der Waals surface area contributed by atoms with Crippen LogP contribution < -0.4 is 5.32 Å². The second-order valence-electron chi connectivity index (χ2n) is 10.4. The van der Waals surface area contributed by atoms with Crippen molar-refractivity contribution in [2.45, 2.75) is 38.0 Å². The van der Waals surface area contributed by atoms with E-state index < -0.39 is 10.6 Å². The molecule has 0 saturated heterocycles. The first kappa shape index (κ1) is 21.2. The summed E-state index contributed by atoms with van der Waals surface area (Å²) < 4.78 is 15.4. The number of aromatic nitrogens is 6. The number of nitrogens with zero attached hydrogens (tertiary/aromatic N) is 5. The van der Waals surface area contributed by atoms with E-state index in [4.69, 9.17) is 0 Å². The lowest BCUT2D eigenvalue weighted by atomic mass is 9.42. The van der Waals surface area contributed by atoms with Gasteiger partial charge in [-0.1, -0.05) is 17.3 Å². The fraction of sp³-hybridized carbons (Fsp3) is 0.320. The number of non-ortho nitro benzene ring substituents is 1. The van der Waals surface area contributed by atoms with E-state index in [1.54, 1.807) is 17.1 Å². The number of benzene rings is 2. The van der Waals surface area contributed by atoms with Crippen LogP contribution in [0.3, 0.4) is 0 Å². The van der Waals surface area contributed by atoms with Gasteiger partial charge in [-0.2, -0.15) is 5.10 Å². The lowest BCUT2D eigenvalue weighted by molar-refractivity contribution is -0.384. The average molecular weight is 487 g/mol. The summed E-state index contributed by atoms with van der Waals surface area (Å²) in [5, 5.41) is 32.0. The summed E-state index contributed by atoms with van der Waals surface area (Å²) in [4.78, 5) is 14.4. The minimum Gasteiger partial charge on any atom is -0.357 e. The number of nitro groups is 1. The molecular weight excluding hydrogens is 463 g/mol. The molecule has 3 saturated carbocycles. The number of nitro benzene ring substituents is 1. The Balaban J connectivity index is 1.07. The molecule has 0 aliphatic heterocycles. The minimum atomic E-state index is -0.853. The Bertz CT molecular complexity index is 1630. The van der Waals surface area contributed by atoms with Crippen LogP contribution in [0.1, 0.15) is 30.5 Å². The van der Waals surface area contributed by atoms with Gasteiger partial charge < -0.3 is 10.3 Å². The maximum atomic E-state index is 13.7. The summed E-state index contributed by atoms with van der Waals surface area (Å²) >= 11 is 0. The fourth-order valence-electron chi connectivity index (χ4n) is 5.98. The Morgan fingerprint density at radius 2 is 2.03 bits per heavy atom. The second kappa shape index (κ2) is 7.44. The Labute approximate surface area is 204 Å². The van der Waals surface area contributed by atoms with E-state index in [0.717, 1.165) is 40.6 Å². The van der Waals surface area contributed by atoms with Crippen molar-refractivity contribution in [3.05, 3.63) is 70.2 Å². The van der Waals surface area contributed by atoms with Crippen LogP contribution in [-0.2, 0) is 13.1 Å². The number of rotatable bonds is 8. The Kier molecular flexibility index (Phi) is 4.38. The zero-order valence-corrected chi connectivity index (χ0v) is 19.3. The quantitative estimate of drug-likeness (QED) is 0.222. The molecule has 5 aromatic rings. The van der Waals surface area contributed by atoms with E-state index in [1.807, 2.05) is 0 Å². The zero-order valence-electron chi connectivity index (χ0n) is 19.3. The molecule has 36 heavy (non-hydrogen) atoms. The molecule has 8 rings (SSSR count). The largest absolute Gasteiger partial charge is 0.357 e. The standard InChI is InChI=1S/C25H23FN8O2/c26-25-11-24(12-25,13-25)14-27-7-17-4-16-2-1-15(3-21(16)29-17)9-33-10-23(31-32-33)19-5-18(34(35)36)6-22-20(19)8-28-30-22/h1-6,8,10,27,29H,7,9,11-14H2,(H,28,30). The smallest absolute Gasteiger partial charge is 0.272 e. The summed E-state index contributed by atoms with van der Waals surface area (Å²) in [6.07, 6.45) is 5.54. The normalized spacial score (nSPS) is 22.6. The van der Waals surface area contributed by atoms with Crippen molar-refractivity contribution in [3.63, 3.8) is 0 Å². The van der Waals surface area contributed by atoms with Crippen LogP contribution in [0.25, 0.3) is 33.1 Å². The Hall–Kier alpha value is -4.12. The predicted molar refractivity (Wildman–Crippen MR) is 131 cm³/mol. The summed E-state index contributed by atoms with van der Waals surface area (Å²) in [5.41, 5.74) is 4.22. The molecular formula is C25H23FN8O2. The van der Waals surface area contributed by atoms with Crippen molar-refractivity contribution < 1.29 is 9.31 Å². The number of fused-ring (bicyclic) bond motifs is 2. The number of hydrogen-bond donors (Lipinski definition) is 3. The monoisotopic (exact) mass is 486 g/mol. The molecule has 10 nitrogen and oxygen atoms in total. The SMILES string of the molecule is O=[N+]([O-])c1cc(-c2cn(Cc3ccc4cc(CNCC56CC(F)(C5)C6)[nH]c4c3)nn2)c2cn[nH]c2c1. The van der Waals surface area contributed by atoms with Gasteiger partial charge in [0.05, 0.1) is 29.4 Å². The van der Waals surface area contributed by atoms with Crippen LogP contribution in [0.5, 0.6) is 0 Å². The minimum absolute atomic E-state index is 0.0330. The van der Waals surface area contributed by atoms with E-state index >= 15 is 0 Å². The van der Waals surface area contributed by atoms with Crippen LogP contribution in [0.2, 0.25) is 0 Å². The van der Waals surface area contributed by atoms with E-state index in [0.29, 0.717) is 42.6 Å². The predicted octanol–water partition coefficient (Wildman–Crippen LogP) is 4.24. The molecule has 182 valence electrons. The number of halogens is 1.